The quantitative estimate of drug-likeness (QED) is 0.495. The number of nitrogens with one attached hydrogen (secondary N) is 3. The van der Waals surface area contributed by atoms with Gasteiger partial charge in [0, 0.05) is 25.7 Å². The highest BCUT2D eigenvalue weighted by Crippen LogP contribution is 2.11. The molecule has 0 aliphatic rings. The first-order valence-corrected chi connectivity index (χ1v) is 9.57. The maximum absolute atomic E-state index is 11.1. The number of nitrogens with zero attached hydrogens (tertiary/aromatic N) is 1. The van der Waals surface area contributed by atoms with E-state index in [0.717, 1.165) is 37.6 Å². The summed E-state index contributed by atoms with van der Waals surface area (Å²) in [4.78, 5) is 15.8. The van der Waals surface area contributed by atoms with Crippen molar-refractivity contribution in [3.05, 3.63) is 65.2 Å². The molecule has 2 rings (SSSR count). The summed E-state index contributed by atoms with van der Waals surface area (Å²) in [5.41, 5.74) is 4.65. The molecule has 3 N–H and O–H groups in total. The summed E-state index contributed by atoms with van der Waals surface area (Å²) in [6.45, 7) is 8.04. The molecule has 0 saturated heterocycles. The van der Waals surface area contributed by atoms with Gasteiger partial charge in [0.15, 0.2) is 5.96 Å². The van der Waals surface area contributed by atoms with Gasteiger partial charge in [-0.25, -0.2) is 4.99 Å². The van der Waals surface area contributed by atoms with E-state index in [1.807, 2.05) is 24.3 Å². The number of guanidine groups is 1. The van der Waals surface area contributed by atoms with Crippen LogP contribution in [0.3, 0.4) is 0 Å². The second kappa shape index (κ2) is 11.0. The van der Waals surface area contributed by atoms with Gasteiger partial charge in [0.1, 0.15) is 0 Å². The highest BCUT2D eigenvalue weighted by atomic mass is 16.1. The number of aliphatic imine (C=N–C) groups is 1. The fourth-order valence-electron chi connectivity index (χ4n) is 2.85. The Morgan fingerprint density at radius 3 is 2.30 bits per heavy atom. The average molecular weight is 367 g/mol. The maximum atomic E-state index is 11.1. The van der Waals surface area contributed by atoms with Crippen LogP contribution in [-0.4, -0.2) is 25.0 Å². The molecule has 1 amide bonds. The number of hydrogen-bond acceptors (Lipinski definition) is 2. The summed E-state index contributed by atoms with van der Waals surface area (Å²) in [6.07, 6.45) is 1.90. The number of carbonyl (C=O) groups is 1. The largest absolute Gasteiger partial charge is 0.357 e. The lowest BCUT2D eigenvalue weighted by Gasteiger charge is -2.12. The van der Waals surface area contributed by atoms with Crippen LogP contribution in [0.25, 0.3) is 0 Å². The number of amides is 1. The highest BCUT2D eigenvalue weighted by molar-refractivity contribution is 5.88. The average Bonchev–Trinajstić information content (AvgIpc) is 2.67. The van der Waals surface area contributed by atoms with Crippen LogP contribution in [0.15, 0.2) is 53.5 Å². The first-order valence-electron chi connectivity index (χ1n) is 9.57. The standard InChI is InChI=1S/C22H30N4O/c1-4-19-8-6-7-9-20(19)16-25-22(23-5-2)24-15-14-18-10-12-21(13-11-18)26-17(3)27/h6-13H,4-5,14-16H2,1-3H3,(H,26,27)(H2,23,24,25). The van der Waals surface area contributed by atoms with Gasteiger partial charge < -0.3 is 16.0 Å². The van der Waals surface area contributed by atoms with Gasteiger partial charge in [-0.15, -0.1) is 0 Å². The Morgan fingerprint density at radius 2 is 1.67 bits per heavy atom. The van der Waals surface area contributed by atoms with E-state index in [2.05, 4.69) is 54.1 Å². The molecule has 0 radical (unpaired) electrons. The van der Waals surface area contributed by atoms with Gasteiger partial charge >= 0.3 is 0 Å². The minimum absolute atomic E-state index is 0.0550. The van der Waals surface area contributed by atoms with E-state index in [0.29, 0.717) is 6.54 Å². The van der Waals surface area contributed by atoms with Crippen LogP contribution in [0, 0.1) is 0 Å². The van der Waals surface area contributed by atoms with Gasteiger partial charge in [0.2, 0.25) is 5.91 Å². The summed E-state index contributed by atoms with van der Waals surface area (Å²) in [5.74, 6) is 0.777. The number of anilines is 1. The van der Waals surface area contributed by atoms with Crippen molar-refractivity contribution in [3.8, 4) is 0 Å². The van der Waals surface area contributed by atoms with Crippen LogP contribution in [0.2, 0.25) is 0 Å². The van der Waals surface area contributed by atoms with Crippen LogP contribution in [0.5, 0.6) is 0 Å². The third-order valence-electron chi connectivity index (χ3n) is 4.23. The molecule has 2 aromatic rings. The second-order valence-corrected chi connectivity index (χ2v) is 6.37. The molecular weight excluding hydrogens is 336 g/mol. The number of hydrogen-bond donors (Lipinski definition) is 3. The molecule has 0 aliphatic heterocycles. The lowest BCUT2D eigenvalue weighted by molar-refractivity contribution is -0.114. The Hall–Kier alpha value is -2.82. The second-order valence-electron chi connectivity index (χ2n) is 6.37. The molecule has 144 valence electrons. The highest BCUT2D eigenvalue weighted by Gasteiger charge is 2.02. The molecular formula is C22H30N4O. The Bertz CT molecular complexity index is 753. The van der Waals surface area contributed by atoms with Crippen molar-refractivity contribution in [2.75, 3.05) is 18.4 Å². The van der Waals surface area contributed by atoms with E-state index in [4.69, 9.17) is 4.99 Å². The van der Waals surface area contributed by atoms with Crippen LogP contribution in [-0.2, 0) is 24.2 Å². The van der Waals surface area contributed by atoms with E-state index in [-0.39, 0.29) is 5.91 Å². The maximum Gasteiger partial charge on any atom is 0.221 e. The SMILES string of the molecule is CCNC(=NCc1ccccc1CC)NCCc1ccc(NC(C)=O)cc1. The summed E-state index contributed by atoms with van der Waals surface area (Å²) >= 11 is 0. The van der Waals surface area contributed by atoms with Gasteiger partial charge in [-0.2, -0.15) is 0 Å². The molecule has 0 atom stereocenters. The zero-order valence-corrected chi connectivity index (χ0v) is 16.5. The van der Waals surface area contributed by atoms with Crippen molar-refractivity contribution in [2.45, 2.75) is 40.2 Å². The molecule has 27 heavy (non-hydrogen) atoms. The Kier molecular flexibility index (Phi) is 8.36. The smallest absolute Gasteiger partial charge is 0.221 e. The van der Waals surface area contributed by atoms with Crippen LogP contribution in [0.4, 0.5) is 5.69 Å². The zero-order valence-electron chi connectivity index (χ0n) is 16.5. The van der Waals surface area contributed by atoms with Gasteiger partial charge in [0.25, 0.3) is 0 Å². The fraction of sp³-hybridized carbons (Fsp3) is 0.364. The lowest BCUT2D eigenvalue weighted by atomic mass is 10.1. The number of benzene rings is 2. The first kappa shape index (κ1) is 20.5. The van der Waals surface area contributed by atoms with Crippen LogP contribution in [0.1, 0.15) is 37.5 Å². The third-order valence-corrected chi connectivity index (χ3v) is 4.23. The fourth-order valence-corrected chi connectivity index (χ4v) is 2.85. The number of rotatable bonds is 8. The van der Waals surface area contributed by atoms with Crippen molar-refractivity contribution in [2.24, 2.45) is 4.99 Å². The molecule has 0 saturated carbocycles. The molecule has 0 heterocycles. The summed E-state index contributed by atoms with van der Waals surface area (Å²) in [6, 6.07) is 16.4. The van der Waals surface area contributed by atoms with E-state index in [1.54, 1.807) is 0 Å². The number of carbonyl (C=O) groups excluding carboxylic acids is 1. The summed E-state index contributed by atoms with van der Waals surface area (Å²) < 4.78 is 0. The Morgan fingerprint density at radius 1 is 0.963 bits per heavy atom. The molecule has 0 spiro atoms. The van der Waals surface area contributed by atoms with Crippen molar-refractivity contribution in [3.63, 3.8) is 0 Å². The van der Waals surface area contributed by atoms with Crippen LogP contribution >= 0.6 is 0 Å². The molecule has 0 aliphatic carbocycles. The predicted molar refractivity (Wildman–Crippen MR) is 113 cm³/mol. The van der Waals surface area contributed by atoms with E-state index in [1.165, 1.54) is 23.6 Å². The van der Waals surface area contributed by atoms with Gasteiger partial charge in [-0.05, 0) is 48.6 Å². The summed E-state index contributed by atoms with van der Waals surface area (Å²) in [5, 5.41) is 9.47. The molecule has 5 nitrogen and oxygen atoms in total. The van der Waals surface area contributed by atoms with Gasteiger partial charge in [0.05, 0.1) is 6.54 Å². The monoisotopic (exact) mass is 366 g/mol. The van der Waals surface area contributed by atoms with Crippen molar-refractivity contribution >= 4 is 17.6 Å². The molecule has 0 unspecified atom stereocenters. The molecule has 0 aromatic heterocycles. The third kappa shape index (κ3) is 7.13. The number of aryl methyl sites for hydroxylation is 1. The molecule has 0 fully saturated rings. The van der Waals surface area contributed by atoms with Gasteiger partial charge in [-0.1, -0.05) is 43.3 Å². The normalized spacial score (nSPS) is 11.1. The lowest BCUT2D eigenvalue weighted by Crippen LogP contribution is -2.38. The molecule has 5 heteroatoms. The molecule has 0 bridgehead atoms. The minimum atomic E-state index is -0.0550. The van der Waals surface area contributed by atoms with E-state index in [9.17, 15) is 4.79 Å². The Labute approximate surface area is 162 Å². The summed E-state index contributed by atoms with van der Waals surface area (Å²) in [7, 11) is 0. The van der Waals surface area contributed by atoms with Crippen molar-refractivity contribution < 1.29 is 4.79 Å². The molecule has 2 aromatic carbocycles. The first-order chi connectivity index (χ1) is 13.1. The van der Waals surface area contributed by atoms with E-state index >= 15 is 0 Å². The topological polar surface area (TPSA) is 65.5 Å². The van der Waals surface area contributed by atoms with E-state index < -0.39 is 0 Å². The predicted octanol–water partition coefficient (Wildman–Crippen LogP) is 3.51. The van der Waals surface area contributed by atoms with Gasteiger partial charge in [-0.3, -0.25) is 4.79 Å². The van der Waals surface area contributed by atoms with Crippen LogP contribution < -0.4 is 16.0 Å². The van der Waals surface area contributed by atoms with Crippen molar-refractivity contribution in [1.82, 2.24) is 10.6 Å². The van der Waals surface area contributed by atoms with Crippen molar-refractivity contribution in [1.29, 1.82) is 0 Å². The Balaban J connectivity index is 1.89. The minimum Gasteiger partial charge on any atom is -0.357 e. The zero-order chi connectivity index (χ0) is 19.5.